The molecule has 0 spiro atoms. The molecular weight excluding hydrogens is 281 g/mol. The Hall–Kier alpha value is -1.79. The summed E-state index contributed by atoms with van der Waals surface area (Å²) in [5.41, 5.74) is -1.29. The molecule has 18 heavy (non-hydrogen) atoms. The predicted octanol–water partition coefficient (Wildman–Crippen LogP) is 1.24. The highest BCUT2D eigenvalue weighted by molar-refractivity contribution is 6.35. The minimum Gasteiger partial charge on any atom is -0.468 e. The Kier molecular flexibility index (Phi) is 3.40. The summed E-state index contributed by atoms with van der Waals surface area (Å²) in [6.07, 6.45) is 0. The van der Waals surface area contributed by atoms with Crippen molar-refractivity contribution in [3.8, 4) is 11.7 Å². The fourth-order valence-electron chi connectivity index (χ4n) is 1.37. The van der Waals surface area contributed by atoms with Crippen molar-refractivity contribution < 1.29 is 4.74 Å². The van der Waals surface area contributed by atoms with E-state index in [0.717, 1.165) is 4.57 Å². The highest BCUT2D eigenvalue weighted by Gasteiger charge is 2.11. The highest BCUT2D eigenvalue weighted by atomic mass is 35.5. The normalized spacial score (nSPS) is 10.4. The first-order chi connectivity index (χ1) is 8.52. The lowest BCUT2D eigenvalue weighted by atomic mass is 10.3. The van der Waals surface area contributed by atoms with Crippen LogP contribution in [0.5, 0.6) is 6.01 Å². The molecule has 0 amide bonds. The van der Waals surface area contributed by atoms with Crippen molar-refractivity contribution >= 4 is 23.2 Å². The number of rotatable bonds is 2. The molecule has 0 atom stereocenters. The number of hydrogen-bond acceptors (Lipinski definition) is 4. The van der Waals surface area contributed by atoms with Crippen molar-refractivity contribution in [2.24, 2.45) is 0 Å². The minimum atomic E-state index is -0.792. The van der Waals surface area contributed by atoms with E-state index in [1.165, 1.54) is 25.3 Å². The smallest absolute Gasteiger partial charge is 0.360 e. The number of benzene rings is 1. The number of nitrogens with zero attached hydrogens (tertiary/aromatic N) is 2. The van der Waals surface area contributed by atoms with Crippen LogP contribution in [0.15, 0.2) is 27.8 Å². The third-order valence-corrected chi connectivity index (χ3v) is 2.69. The summed E-state index contributed by atoms with van der Waals surface area (Å²) in [6.45, 7) is 0. The predicted molar refractivity (Wildman–Crippen MR) is 67.0 cm³/mol. The van der Waals surface area contributed by atoms with Gasteiger partial charge >= 0.3 is 17.4 Å². The molecule has 0 radical (unpaired) electrons. The number of H-pyrrole nitrogens is 1. The first-order valence-corrected chi connectivity index (χ1v) is 5.51. The van der Waals surface area contributed by atoms with Crippen LogP contribution in [0.2, 0.25) is 10.0 Å². The van der Waals surface area contributed by atoms with E-state index in [9.17, 15) is 9.59 Å². The summed E-state index contributed by atoms with van der Waals surface area (Å²) in [5, 5.41) is 0.566. The summed E-state index contributed by atoms with van der Waals surface area (Å²) < 4.78 is 5.47. The second-order valence-electron chi connectivity index (χ2n) is 3.26. The van der Waals surface area contributed by atoms with Gasteiger partial charge in [-0.2, -0.15) is 0 Å². The van der Waals surface area contributed by atoms with Gasteiger partial charge in [-0.3, -0.25) is 4.98 Å². The van der Waals surface area contributed by atoms with Gasteiger partial charge in [0.05, 0.1) is 17.8 Å². The van der Waals surface area contributed by atoms with E-state index >= 15 is 0 Å². The molecule has 0 saturated heterocycles. The summed E-state index contributed by atoms with van der Waals surface area (Å²) in [7, 11) is 1.29. The zero-order valence-electron chi connectivity index (χ0n) is 9.11. The van der Waals surface area contributed by atoms with E-state index in [1.54, 1.807) is 0 Å². The van der Waals surface area contributed by atoms with Crippen molar-refractivity contribution in [3.05, 3.63) is 49.2 Å². The largest absolute Gasteiger partial charge is 0.468 e. The van der Waals surface area contributed by atoms with E-state index in [4.69, 9.17) is 23.2 Å². The Morgan fingerprint density at radius 3 is 2.61 bits per heavy atom. The second kappa shape index (κ2) is 4.83. The van der Waals surface area contributed by atoms with Gasteiger partial charge in [0, 0.05) is 5.02 Å². The van der Waals surface area contributed by atoms with E-state index in [1.807, 2.05) is 0 Å². The van der Waals surface area contributed by atoms with Crippen LogP contribution in [-0.2, 0) is 0 Å². The molecule has 0 aliphatic carbocycles. The molecule has 0 saturated carbocycles. The Bertz CT molecular complexity index is 677. The third-order valence-electron chi connectivity index (χ3n) is 2.15. The number of ether oxygens (including phenoxy) is 1. The monoisotopic (exact) mass is 287 g/mol. The lowest BCUT2D eigenvalue weighted by molar-refractivity contribution is 0.372. The summed E-state index contributed by atoms with van der Waals surface area (Å²) in [6, 6.07) is 4.23. The van der Waals surface area contributed by atoms with Gasteiger partial charge in [0.15, 0.2) is 0 Å². The number of aromatic amines is 1. The van der Waals surface area contributed by atoms with Crippen LogP contribution >= 0.6 is 23.2 Å². The van der Waals surface area contributed by atoms with Crippen LogP contribution in [0.1, 0.15) is 0 Å². The maximum absolute atomic E-state index is 11.8. The van der Waals surface area contributed by atoms with Crippen LogP contribution in [0.3, 0.4) is 0 Å². The average molecular weight is 288 g/mol. The van der Waals surface area contributed by atoms with Gasteiger partial charge in [-0.1, -0.05) is 23.2 Å². The van der Waals surface area contributed by atoms with E-state index in [-0.39, 0.29) is 16.7 Å². The molecule has 0 aliphatic rings. The van der Waals surface area contributed by atoms with Gasteiger partial charge in [0.1, 0.15) is 0 Å². The molecular formula is C10H7Cl2N3O3. The maximum atomic E-state index is 11.8. The molecule has 0 aliphatic heterocycles. The molecule has 94 valence electrons. The highest BCUT2D eigenvalue weighted by Crippen LogP contribution is 2.22. The Balaban J connectivity index is 2.72. The molecule has 1 heterocycles. The topological polar surface area (TPSA) is 77.0 Å². The molecule has 0 fully saturated rings. The number of nitrogens with one attached hydrogen (secondary N) is 1. The fourth-order valence-corrected chi connectivity index (χ4v) is 1.86. The van der Waals surface area contributed by atoms with Crippen LogP contribution < -0.4 is 16.1 Å². The van der Waals surface area contributed by atoms with Gasteiger partial charge in [-0.25, -0.2) is 14.2 Å². The third kappa shape index (κ3) is 2.25. The minimum absolute atomic E-state index is 0.161. The van der Waals surface area contributed by atoms with Crippen molar-refractivity contribution in [1.82, 2.24) is 14.5 Å². The van der Waals surface area contributed by atoms with Crippen molar-refractivity contribution in [2.75, 3.05) is 7.11 Å². The SMILES string of the molecule is COc1nc(=O)n(-c2ccc(Cl)cc2Cl)c(=O)[nH]1. The fraction of sp³-hybridized carbons (Fsp3) is 0.100. The van der Waals surface area contributed by atoms with E-state index in [2.05, 4.69) is 14.7 Å². The summed E-state index contributed by atoms with van der Waals surface area (Å²) >= 11 is 11.7. The van der Waals surface area contributed by atoms with Gasteiger partial charge in [0.2, 0.25) is 0 Å². The number of aromatic nitrogens is 3. The quantitative estimate of drug-likeness (QED) is 0.901. The number of hydrogen-bond donors (Lipinski definition) is 1. The molecule has 0 bridgehead atoms. The first-order valence-electron chi connectivity index (χ1n) is 4.75. The van der Waals surface area contributed by atoms with Crippen molar-refractivity contribution in [1.29, 1.82) is 0 Å². The van der Waals surface area contributed by atoms with E-state index in [0.29, 0.717) is 5.02 Å². The molecule has 2 aromatic rings. The van der Waals surface area contributed by atoms with Crippen LogP contribution in [-0.4, -0.2) is 21.6 Å². The van der Waals surface area contributed by atoms with Crippen LogP contribution in [0.25, 0.3) is 5.69 Å². The molecule has 1 aromatic carbocycles. The van der Waals surface area contributed by atoms with Crippen LogP contribution in [0, 0.1) is 0 Å². The van der Waals surface area contributed by atoms with Crippen LogP contribution in [0.4, 0.5) is 0 Å². The second-order valence-corrected chi connectivity index (χ2v) is 4.11. The van der Waals surface area contributed by atoms with Gasteiger partial charge in [-0.15, -0.1) is 4.98 Å². The van der Waals surface area contributed by atoms with E-state index < -0.39 is 11.4 Å². The Labute approximate surface area is 111 Å². The molecule has 8 heteroatoms. The Morgan fingerprint density at radius 1 is 1.33 bits per heavy atom. The molecule has 2 rings (SSSR count). The maximum Gasteiger partial charge on any atom is 0.360 e. The Morgan fingerprint density at radius 2 is 2.06 bits per heavy atom. The number of methoxy groups -OCH3 is 1. The first kappa shape index (κ1) is 12.7. The van der Waals surface area contributed by atoms with Gasteiger partial charge in [0.25, 0.3) is 0 Å². The van der Waals surface area contributed by atoms with Gasteiger partial charge in [-0.05, 0) is 18.2 Å². The van der Waals surface area contributed by atoms with Crippen molar-refractivity contribution in [2.45, 2.75) is 0 Å². The standard InChI is InChI=1S/C10H7Cl2N3O3/c1-18-8-13-9(16)15(10(17)14-8)7-3-2-5(11)4-6(7)12/h2-4H,1H3,(H,13,14,16,17). The average Bonchev–Trinajstić information content (AvgIpc) is 2.30. The lowest BCUT2D eigenvalue weighted by Gasteiger charge is -2.06. The molecule has 6 nitrogen and oxygen atoms in total. The summed E-state index contributed by atoms with van der Waals surface area (Å²) in [4.78, 5) is 29.3. The molecule has 1 N–H and O–H groups in total. The zero-order chi connectivity index (χ0) is 13.3. The molecule has 1 aromatic heterocycles. The number of halogens is 2. The van der Waals surface area contributed by atoms with Gasteiger partial charge < -0.3 is 4.74 Å². The summed E-state index contributed by atoms with van der Waals surface area (Å²) in [5.74, 6) is 0. The van der Waals surface area contributed by atoms with Crippen molar-refractivity contribution in [3.63, 3.8) is 0 Å². The molecule has 0 unspecified atom stereocenters. The lowest BCUT2D eigenvalue weighted by Crippen LogP contribution is -2.35. The zero-order valence-corrected chi connectivity index (χ0v) is 10.6.